The van der Waals surface area contributed by atoms with Crippen LogP contribution in [-0.2, 0) is 6.42 Å². The lowest BCUT2D eigenvalue weighted by Gasteiger charge is -2.30. The predicted octanol–water partition coefficient (Wildman–Crippen LogP) is 3.88. The third-order valence-corrected chi connectivity index (χ3v) is 5.33. The lowest BCUT2D eigenvalue weighted by atomic mass is 9.98. The maximum Gasteiger partial charge on any atom is 0.265 e. The number of halogens is 1. The maximum atomic E-state index is 13.0. The van der Waals surface area contributed by atoms with Gasteiger partial charge in [0.1, 0.15) is 16.5 Å². The van der Waals surface area contributed by atoms with Crippen molar-refractivity contribution in [3.8, 4) is 0 Å². The predicted molar refractivity (Wildman–Crippen MR) is 95.7 cm³/mol. The summed E-state index contributed by atoms with van der Waals surface area (Å²) in [7, 11) is 0. The zero-order chi connectivity index (χ0) is 17.9. The molecule has 1 aliphatic rings. The van der Waals surface area contributed by atoms with Crippen LogP contribution in [0.2, 0.25) is 0 Å². The largest absolute Gasteiger partial charge is 0.445 e. The van der Waals surface area contributed by atoms with Gasteiger partial charge in [0.15, 0.2) is 5.89 Å². The Bertz CT molecular complexity index is 877. The Hall–Kier alpha value is -2.54. The van der Waals surface area contributed by atoms with E-state index in [1.165, 1.54) is 23.5 Å². The summed E-state index contributed by atoms with van der Waals surface area (Å²) in [5.74, 6) is 1.29. The molecule has 5 nitrogen and oxygen atoms in total. The maximum absolute atomic E-state index is 13.0. The fraction of sp³-hybridized carbons (Fsp3) is 0.316. The quantitative estimate of drug-likeness (QED) is 0.698. The van der Waals surface area contributed by atoms with Gasteiger partial charge in [-0.3, -0.25) is 9.78 Å². The molecule has 0 unspecified atom stereocenters. The van der Waals surface area contributed by atoms with E-state index in [0.717, 1.165) is 30.7 Å². The second kappa shape index (κ2) is 7.37. The lowest BCUT2D eigenvalue weighted by molar-refractivity contribution is 0.0702. The number of nitrogens with zero attached hydrogens (tertiary/aromatic N) is 3. The smallest absolute Gasteiger partial charge is 0.265 e. The van der Waals surface area contributed by atoms with E-state index in [2.05, 4.69) is 9.97 Å². The van der Waals surface area contributed by atoms with Crippen molar-refractivity contribution in [2.75, 3.05) is 13.1 Å². The molecule has 1 saturated heterocycles. The molecule has 134 valence electrons. The van der Waals surface area contributed by atoms with E-state index in [9.17, 15) is 9.18 Å². The van der Waals surface area contributed by atoms with Crippen molar-refractivity contribution in [2.24, 2.45) is 0 Å². The number of carbonyl (C=O) groups is 1. The standard InChI is InChI=1S/C19H18FN3O2S/c20-15-5-3-13(4-6-15)8-16-9-22-18(25-16)14-2-1-7-23(11-14)19(24)17-10-21-12-26-17/h3-6,9-10,12,14H,1-2,7-8,11H2/t14-/m1/s1. The molecule has 1 aromatic carbocycles. The summed E-state index contributed by atoms with van der Waals surface area (Å²) in [6.07, 6.45) is 5.78. The Morgan fingerprint density at radius 2 is 2.15 bits per heavy atom. The summed E-state index contributed by atoms with van der Waals surface area (Å²) < 4.78 is 18.9. The molecule has 0 aliphatic carbocycles. The Labute approximate surface area is 154 Å². The zero-order valence-electron chi connectivity index (χ0n) is 14.1. The minimum atomic E-state index is -0.250. The van der Waals surface area contributed by atoms with Gasteiger partial charge < -0.3 is 9.32 Å². The average Bonchev–Trinajstić information content (AvgIpc) is 3.35. The highest BCUT2D eigenvalue weighted by Gasteiger charge is 2.28. The summed E-state index contributed by atoms with van der Waals surface area (Å²) in [5, 5.41) is 0. The van der Waals surface area contributed by atoms with E-state index in [1.54, 1.807) is 30.0 Å². The number of hydrogen-bond acceptors (Lipinski definition) is 5. The normalized spacial score (nSPS) is 17.4. The van der Waals surface area contributed by atoms with Crippen molar-refractivity contribution < 1.29 is 13.6 Å². The number of aromatic nitrogens is 2. The highest BCUT2D eigenvalue weighted by atomic mass is 32.1. The second-order valence-corrected chi connectivity index (χ2v) is 7.31. The van der Waals surface area contributed by atoms with E-state index < -0.39 is 0 Å². The molecule has 0 bridgehead atoms. The molecular formula is C19H18FN3O2S. The molecule has 1 atom stereocenters. The lowest BCUT2D eigenvalue weighted by Crippen LogP contribution is -2.38. The summed E-state index contributed by atoms with van der Waals surface area (Å²) >= 11 is 1.36. The van der Waals surface area contributed by atoms with Crippen LogP contribution in [0.4, 0.5) is 4.39 Å². The molecule has 7 heteroatoms. The fourth-order valence-corrected chi connectivity index (χ4v) is 3.82. The monoisotopic (exact) mass is 371 g/mol. The number of benzene rings is 1. The van der Waals surface area contributed by atoms with Gasteiger partial charge in [-0.05, 0) is 30.5 Å². The molecule has 1 fully saturated rings. The van der Waals surface area contributed by atoms with Crippen LogP contribution in [0.15, 0.2) is 46.6 Å². The number of piperidine rings is 1. The van der Waals surface area contributed by atoms with Crippen LogP contribution >= 0.6 is 11.3 Å². The Morgan fingerprint density at radius 1 is 1.31 bits per heavy atom. The zero-order valence-corrected chi connectivity index (χ0v) is 14.9. The van der Waals surface area contributed by atoms with Crippen molar-refractivity contribution in [3.05, 3.63) is 70.1 Å². The summed E-state index contributed by atoms with van der Waals surface area (Å²) in [6.45, 7) is 1.35. The molecule has 3 heterocycles. The average molecular weight is 371 g/mol. The fourth-order valence-electron chi connectivity index (χ4n) is 3.24. The number of hydrogen-bond donors (Lipinski definition) is 0. The minimum absolute atomic E-state index is 0.0234. The van der Waals surface area contributed by atoms with Crippen molar-refractivity contribution in [2.45, 2.75) is 25.2 Å². The van der Waals surface area contributed by atoms with Crippen LogP contribution in [0.5, 0.6) is 0 Å². The van der Waals surface area contributed by atoms with E-state index in [1.807, 2.05) is 4.90 Å². The first-order valence-corrected chi connectivity index (χ1v) is 9.44. The molecule has 4 rings (SSSR count). The summed E-state index contributed by atoms with van der Waals surface area (Å²) in [5.41, 5.74) is 2.64. The number of oxazole rings is 1. The number of likely N-dealkylation sites (tertiary alicyclic amines) is 1. The number of carbonyl (C=O) groups excluding carboxylic acids is 1. The molecule has 26 heavy (non-hydrogen) atoms. The van der Waals surface area contributed by atoms with Crippen LogP contribution in [-0.4, -0.2) is 33.9 Å². The molecule has 3 aromatic rings. The summed E-state index contributed by atoms with van der Waals surface area (Å²) in [4.78, 5) is 23.4. The van der Waals surface area contributed by atoms with Crippen molar-refractivity contribution in [1.82, 2.24) is 14.9 Å². The van der Waals surface area contributed by atoms with Gasteiger partial charge in [0.2, 0.25) is 0 Å². The van der Waals surface area contributed by atoms with Gasteiger partial charge in [-0.15, -0.1) is 11.3 Å². The van der Waals surface area contributed by atoms with Gasteiger partial charge in [0.25, 0.3) is 5.91 Å². The molecular weight excluding hydrogens is 353 g/mol. The third-order valence-electron chi connectivity index (χ3n) is 4.56. The van der Waals surface area contributed by atoms with Crippen LogP contribution in [0, 0.1) is 5.82 Å². The Balaban J connectivity index is 1.43. The van der Waals surface area contributed by atoms with E-state index in [-0.39, 0.29) is 17.6 Å². The Morgan fingerprint density at radius 3 is 2.92 bits per heavy atom. The number of amides is 1. The van der Waals surface area contributed by atoms with Crippen molar-refractivity contribution in [3.63, 3.8) is 0 Å². The first kappa shape index (κ1) is 16.9. The van der Waals surface area contributed by atoms with Gasteiger partial charge in [0.05, 0.1) is 23.8 Å². The molecule has 0 saturated carbocycles. The molecule has 1 amide bonds. The molecule has 0 radical (unpaired) electrons. The van der Waals surface area contributed by atoms with Gasteiger partial charge in [-0.1, -0.05) is 12.1 Å². The van der Waals surface area contributed by atoms with Crippen LogP contribution in [0.3, 0.4) is 0 Å². The van der Waals surface area contributed by atoms with Gasteiger partial charge in [-0.25, -0.2) is 9.37 Å². The highest BCUT2D eigenvalue weighted by molar-refractivity contribution is 7.11. The molecule has 0 spiro atoms. The SMILES string of the molecule is O=C(c1cncs1)N1CCC[C@@H](c2ncc(Cc3ccc(F)cc3)o2)C1. The van der Waals surface area contributed by atoms with Gasteiger partial charge in [0, 0.05) is 19.5 Å². The second-order valence-electron chi connectivity index (χ2n) is 6.42. The van der Waals surface area contributed by atoms with Gasteiger partial charge >= 0.3 is 0 Å². The van der Waals surface area contributed by atoms with E-state index >= 15 is 0 Å². The number of thiazole rings is 1. The molecule has 1 aliphatic heterocycles. The molecule has 0 N–H and O–H groups in total. The van der Waals surface area contributed by atoms with Crippen molar-refractivity contribution in [1.29, 1.82) is 0 Å². The third kappa shape index (κ3) is 3.67. The van der Waals surface area contributed by atoms with Crippen LogP contribution in [0.1, 0.15) is 45.6 Å². The van der Waals surface area contributed by atoms with Crippen molar-refractivity contribution >= 4 is 17.2 Å². The van der Waals surface area contributed by atoms with Crippen LogP contribution < -0.4 is 0 Å². The minimum Gasteiger partial charge on any atom is -0.445 e. The first-order valence-electron chi connectivity index (χ1n) is 8.56. The van der Waals surface area contributed by atoms with Gasteiger partial charge in [-0.2, -0.15) is 0 Å². The first-order chi connectivity index (χ1) is 12.7. The molecule has 2 aromatic heterocycles. The topological polar surface area (TPSA) is 59.2 Å². The van der Waals surface area contributed by atoms with E-state index in [0.29, 0.717) is 23.7 Å². The van der Waals surface area contributed by atoms with Crippen LogP contribution in [0.25, 0.3) is 0 Å². The van der Waals surface area contributed by atoms with E-state index in [4.69, 9.17) is 4.42 Å². The highest BCUT2D eigenvalue weighted by Crippen LogP contribution is 2.28. The Kier molecular flexibility index (Phi) is 4.79. The summed E-state index contributed by atoms with van der Waals surface area (Å²) in [6, 6.07) is 6.37. The number of rotatable bonds is 4.